The zero-order valence-electron chi connectivity index (χ0n) is 16.8. The van der Waals surface area contributed by atoms with Crippen LogP contribution in [0.15, 0.2) is 41.3 Å². The Bertz CT molecular complexity index is 958. The Kier molecular flexibility index (Phi) is 6.20. The van der Waals surface area contributed by atoms with Gasteiger partial charge in [0.15, 0.2) is 0 Å². The molecule has 150 valence electrons. The standard InChI is InChI=1S/C22H28N2O3S/c1-16-14-18(3)21(15-17(16)2)22(25)23-19-8-10-20(11-9-19)28(26,27)24-12-6-4-5-7-13-24/h8-11,14-15H,4-7,12-13H2,1-3H3,(H,23,25). The summed E-state index contributed by atoms with van der Waals surface area (Å²) in [5, 5.41) is 2.87. The van der Waals surface area contributed by atoms with E-state index < -0.39 is 10.0 Å². The number of hydrogen-bond acceptors (Lipinski definition) is 3. The van der Waals surface area contributed by atoms with E-state index >= 15 is 0 Å². The molecule has 1 saturated heterocycles. The summed E-state index contributed by atoms with van der Waals surface area (Å²) >= 11 is 0. The van der Waals surface area contributed by atoms with Crippen LogP contribution in [0.25, 0.3) is 0 Å². The fourth-order valence-electron chi connectivity index (χ4n) is 3.54. The summed E-state index contributed by atoms with van der Waals surface area (Å²) in [5.41, 5.74) is 4.34. The van der Waals surface area contributed by atoms with Crippen molar-refractivity contribution in [3.63, 3.8) is 0 Å². The van der Waals surface area contributed by atoms with E-state index in [1.807, 2.05) is 32.9 Å². The van der Waals surface area contributed by atoms with Gasteiger partial charge in [0.05, 0.1) is 4.90 Å². The van der Waals surface area contributed by atoms with E-state index in [1.54, 1.807) is 28.6 Å². The molecule has 2 aromatic rings. The van der Waals surface area contributed by atoms with Crippen LogP contribution < -0.4 is 5.32 Å². The van der Waals surface area contributed by atoms with Gasteiger partial charge < -0.3 is 5.32 Å². The average Bonchev–Trinajstić information content (AvgIpc) is 2.95. The third-order valence-electron chi connectivity index (χ3n) is 5.40. The summed E-state index contributed by atoms with van der Waals surface area (Å²) in [7, 11) is -3.48. The largest absolute Gasteiger partial charge is 0.322 e. The molecular weight excluding hydrogens is 372 g/mol. The van der Waals surface area contributed by atoms with Gasteiger partial charge in [-0.3, -0.25) is 4.79 Å². The Labute approximate surface area is 167 Å². The van der Waals surface area contributed by atoms with Crippen molar-refractivity contribution in [2.45, 2.75) is 51.3 Å². The van der Waals surface area contributed by atoms with E-state index in [2.05, 4.69) is 5.32 Å². The zero-order chi connectivity index (χ0) is 20.3. The predicted molar refractivity (Wildman–Crippen MR) is 112 cm³/mol. The number of hydrogen-bond donors (Lipinski definition) is 1. The van der Waals surface area contributed by atoms with E-state index in [-0.39, 0.29) is 10.8 Å². The number of benzene rings is 2. The number of anilines is 1. The van der Waals surface area contributed by atoms with Crippen molar-refractivity contribution in [1.29, 1.82) is 0 Å². The number of nitrogens with zero attached hydrogens (tertiary/aromatic N) is 1. The quantitative estimate of drug-likeness (QED) is 0.826. The number of amides is 1. The average molecular weight is 401 g/mol. The first-order valence-corrected chi connectivity index (χ1v) is 11.2. The van der Waals surface area contributed by atoms with Crippen LogP contribution in [0.5, 0.6) is 0 Å². The lowest BCUT2D eigenvalue weighted by atomic mass is 10.0. The highest BCUT2D eigenvalue weighted by atomic mass is 32.2. The van der Waals surface area contributed by atoms with Crippen LogP contribution in [-0.4, -0.2) is 31.7 Å². The molecule has 0 unspecified atom stereocenters. The number of rotatable bonds is 4. The van der Waals surface area contributed by atoms with Crippen molar-refractivity contribution in [1.82, 2.24) is 4.31 Å². The smallest absolute Gasteiger partial charge is 0.255 e. The van der Waals surface area contributed by atoms with Crippen molar-refractivity contribution in [2.24, 2.45) is 0 Å². The molecule has 1 amide bonds. The molecule has 1 heterocycles. The van der Waals surface area contributed by atoms with Gasteiger partial charge in [-0.05, 0) is 80.6 Å². The van der Waals surface area contributed by atoms with Gasteiger partial charge in [-0.1, -0.05) is 18.9 Å². The van der Waals surface area contributed by atoms with E-state index in [0.717, 1.165) is 42.4 Å². The topological polar surface area (TPSA) is 66.5 Å². The Balaban J connectivity index is 1.75. The molecule has 0 aromatic heterocycles. The molecule has 0 spiro atoms. The summed E-state index contributed by atoms with van der Waals surface area (Å²) in [6.45, 7) is 7.07. The minimum absolute atomic E-state index is 0.191. The normalized spacial score (nSPS) is 15.8. The van der Waals surface area contributed by atoms with E-state index in [4.69, 9.17) is 0 Å². The third kappa shape index (κ3) is 4.45. The molecule has 0 aliphatic carbocycles. The van der Waals surface area contributed by atoms with Crippen LogP contribution in [0.1, 0.15) is 52.7 Å². The molecule has 28 heavy (non-hydrogen) atoms. The van der Waals surface area contributed by atoms with Crippen molar-refractivity contribution in [3.05, 3.63) is 58.7 Å². The van der Waals surface area contributed by atoms with Crippen LogP contribution in [-0.2, 0) is 10.0 Å². The van der Waals surface area contributed by atoms with Crippen molar-refractivity contribution in [2.75, 3.05) is 18.4 Å². The Hall–Kier alpha value is -2.18. The number of nitrogens with one attached hydrogen (secondary N) is 1. The monoisotopic (exact) mass is 400 g/mol. The lowest BCUT2D eigenvalue weighted by Crippen LogP contribution is -2.31. The van der Waals surface area contributed by atoms with Crippen LogP contribution in [0.4, 0.5) is 5.69 Å². The third-order valence-corrected chi connectivity index (χ3v) is 7.31. The number of aryl methyl sites for hydroxylation is 3. The van der Waals surface area contributed by atoms with Gasteiger partial charge in [-0.15, -0.1) is 0 Å². The highest BCUT2D eigenvalue weighted by molar-refractivity contribution is 7.89. The molecule has 2 aromatic carbocycles. The van der Waals surface area contributed by atoms with Gasteiger partial charge >= 0.3 is 0 Å². The molecule has 1 aliphatic rings. The molecule has 0 atom stereocenters. The summed E-state index contributed by atoms with van der Waals surface area (Å²) < 4.78 is 27.3. The van der Waals surface area contributed by atoms with E-state index in [1.165, 1.54) is 0 Å². The predicted octanol–water partition coefficient (Wildman–Crippen LogP) is 4.43. The second-order valence-corrected chi connectivity index (χ2v) is 9.49. The fraction of sp³-hybridized carbons (Fsp3) is 0.409. The number of sulfonamides is 1. The molecule has 1 N–H and O–H groups in total. The van der Waals surface area contributed by atoms with Crippen LogP contribution in [0.2, 0.25) is 0 Å². The maximum atomic E-state index is 12.8. The first-order chi connectivity index (χ1) is 13.3. The highest BCUT2D eigenvalue weighted by Gasteiger charge is 2.25. The second-order valence-electron chi connectivity index (χ2n) is 7.55. The molecular formula is C22H28N2O3S. The molecule has 6 heteroatoms. The molecule has 5 nitrogen and oxygen atoms in total. The van der Waals surface area contributed by atoms with Crippen molar-refractivity contribution < 1.29 is 13.2 Å². The van der Waals surface area contributed by atoms with Gasteiger partial charge in [-0.2, -0.15) is 4.31 Å². The Morgan fingerprint density at radius 3 is 2.04 bits per heavy atom. The Morgan fingerprint density at radius 1 is 0.857 bits per heavy atom. The lowest BCUT2D eigenvalue weighted by molar-refractivity contribution is 0.102. The highest BCUT2D eigenvalue weighted by Crippen LogP contribution is 2.23. The lowest BCUT2D eigenvalue weighted by Gasteiger charge is -2.20. The van der Waals surface area contributed by atoms with Crippen LogP contribution in [0.3, 0.4) is 0 Å². The summed E-state index contributed by atoms with van der Waals surface area (Å²) in [6.07, 6.45) is 3.97. The zero-order valence-corrected chi connectivity index (χ0v) is 17.6. The van der Waals surface area contributed by atoms with E-state index in [0.29, 0.717) is 24.3 Å². The fourth-order valence-corrected chi connectivity index (χ4v) is 5.06. The molecule has 3 rings (SSSR count). The molecule has 1 aliphatic heterocycles. The second kappa shape index (κ2) is 8.45. The summed E-state index contributed by atoms with van der Waals surface area (Å²) in [5.74, 6) is -0.191. The number of carbonyl (C=O) groups excluding carboxylic acids is 1. The molecule has 1 fully saturated rings. The first kappa shape index (κ1) is 20.6. The summed E-state index contributed by atoms with van der Waals surface area (Å²) in [4.78, 5) is 12.9. The Morgan fingerprint density at radius 2 is 1.43 bits per heavy atom. The SMILES string of the molecule is Cc1cc(C)c(C(=O)Nc2ccc(S(=O)(=O)N3CCCCCC3)cc2)cc1C. The van der Waals surface area contributed by atoms with Gasteiger partial charge in [-0.25, -0.2) is 8.42 Å². The minimum Gasteiger partial charge on any atom is -0.322 e. The number of carbonyl (C=O) groups is 1. The maximum Gasteiger partial charge on any atom is 0.255 e. The molecule has 0 saturated carbocycles. The minimum atomic E-state index is -3.48. The van der Waals surface area contributed by atoms with Gasteiger partial charge in [0.1, 0.15) is 0 Å². The molecule has 0 radical (unpaired) electrons. The first-order valence-electron chi connectivity index (χ1n) is 9.78. The maximum absolute atomic E-state index is 12.8. The molecule has 0 bridgehead atoms. The van der Waals surface area contributed by atoms with Crippen LogP contribution in [0, 0.1) is 20.8 Å². The van der Waals surface area contributed by atoms with Gasteiger partial charge in [0.2, 0.25) is 10.0 Å². The van der Waals surface area contributed by atoms with E-state index in [9.17, 15) is 13.2 Å². The summed E-state index contributed by atoms with van der Waals surface area (Å²) in [6, 6.07) is 10.3. The van der Waals surface area contributed by atoms with Crippen LogP contribution >= 0.6 is 0 Å². The van der Waals surface area contributed by atoms with Gasteiger partial charge in [0, 0.05) is 24.3 Å². The van der Waals surface area contributed by atoms with Crippen molar-refractivity contribution >= 4 is 21.6 Å². The van der Waals surface area contributed by atoms with Crippen molar-refractivity contribution in [3.8, 4) is 0 Å². The van der Waals surface area contributed by atoms with Gasteiger partial charge in [0.25, 0.3) is 5.91 Å².